The molecule has 1 heteroatoms. The molecule has 2 aromatic rings. The number of hydrogen-bond donors (Lipinski definition) is 0. The van der Waals surface area contributed by atoms with E-state index in [-0.39, 0.29) is 37.1 Å². The number of fused-ring (bicyclic) bond motifs is 3. The Bertz CT molecular complexity index is 869. The minimum atomic E-state index is -0.341. The van der Waals surface area contributed by atoms with Gasteiger partial charge in [-0.3, -0.25) is 0 Å². The van der Waals surface area contributed by atoms with Crippen LogP contribution in [0.2, 0.25) is 0 Å². The van der Waals surface area contributed by atoms with Crippen molar-refractivity contribution in [3.05, 3.63) is 46.5 Å². The van der Waals surface area contributed by atoms with E-state index in [0.29, 0.717) is 0 Å². The average Bonchev–Trinajstić information content (AvgIpc) is 2.87. The van der Waals surface area contributed by atoms with Gasteiger partial charge in [-0.05, 0) is 0 Å². The first-order valence-electron chi connectivity index (χ1n) is 11.1. The number of hydrogen-bond acceptors (Lipinski definition) is 0. The van der Waals surface area contributed by atoms with Crippen molar-refractivity contribution in [3.63, 3.8) is 0 Å². The first-order chi connectivity index (χ1) is 12.9. The summed E-state index contributed by atoms with van der Waals surface area (Å²) in [6, 6.07) is 10.1. The predicted molar refractivity (Wildman–Crippen MR) is 132 cm³/mol. The second kappa shape index (κ2) is 6.74. The van der Waals surface area contributed by atoms with Crippen LogP contribution in [0.15, 0.2) is 24.3 Å². The van der Waals surface area contributed by atoms with Crippen molar-refractivity contribution in [1.82, 2.24) is 0 Å². The van der Waals surface area contributed by atoms with E-state index in [1.54, 1.807) is 19.9 Å². The molecule has 0 aromatic heterocycles. The molecule has 1 aliphatic heterocycles. The van der Waals surface area contributed by atoms with Gasteiger partial charge in [0.1, 0.15) is 0 Å². The summed E-state index contributed by atoms with van der Waals surface area (Å²) in [6.45, 7) is 28.4. The summed E-state index contributed by atoms with van der Waals surface area (Å²) < 4.78 is 3.36. The molecule has 0 nitrogen and oxygen atoms in total. The van der Waals surface area contributed by atoms with Crippen molar-refractivity contribution in [2.75, 3.05) is 0 Å². The van der Waals surface area contributed by atoms with Crippen molar-refractivity contribution >= 4 is 24.2 Å². The summed E-state index contributed by atoms with van der Waals surface area (Å²) in [5.74, 6) is 0. The topological polar surface area (TPSA) is 0 Å². The standard InChI is InChI=1S/C28H40Ge/c1-25(2,3)17-13-19-20-14-18(26(4,5)6)16-22(28(10,11)12)24(20)29-23(19)21(15-17)27(7,8)9/h13-16H,1-12H3. The summed E-state index contributed by atoms with van der Waals surface area (Å²) in [5, 5.41) is 0. The minimum absolute atomic E-state index is 0.159. The molecule has 0 aliphatic carbocycles. The van der Waals surface area contributed by atoms with Crippen LogP contribution in [0.25, 0.3) is 11.1 Å². The summed E-state index contributed by atoms with van der Waals surface area (Å²) in [5.41, 5.74) is 9.83. The SMILES string of the molecule is CC(C)(C)c1cc2[c](c(C(C)(C)C)c1)[Ge][c]1c-2cc(C(C)(C)C)cc1C(C)(C)C. The van der Waals surface area contributed by atoms with Crippen LogP contribution < -0.4 is 8.79 Å². The summed E-state index contributed by atoms with van der Waals surface area (Å²) in [7, 11) is 0. The van der Waals surface area contributed by atoms with E-state index >= 15 is 0 Å². The van der Waals surface area contributed by atoms with Crippen LogP contribution >= 0.6 is 0 Å². The summed E-state index contributed by atoms with van der Waals surface area (Å²) in [6.07, 6.45) is 0. The zero-order valence-corrected chi connectivity index (χ0v) is 22.9. The molecule has 0 saturated heterocycles. The van der Waals surface area contributed by atoms with Crippen molar-refractivity contribution in [2.24, 2.45) is 0 Å². The molecule has 0 spiro atoms. The van der Waals surface area contributed by atoms with E-state index in [4.69, 9.17) is 0 Å². The van der Waals surface area contributed by atoms with Gasteiger partial charge >= 0.3 is 187 Å². The third-order valence-corrected chi connectivity index (χ3v) is 9.47. The molecule has 0 atom stereocenters. The average molecular weight is 449 g/mol. The van der Waals surface area contributed by atoms with Crippen molar-refractivity contribution in [2.45, 2.75) is 105 Å². The van der Waals surface area contributed by atoms with E-state index in [9.17, 15) is 0 Å². The van der Waals surface area contributed by atoms with Crippen LogP contribution in [-0.2, 0) is 21.7 Å². The quantitative estimate of drug-likeness (QED) is 0.343. The second-order valence-electron chi connectivity index (χ2n) is 13.0. The van der Waals surface area contributed by atoms with E-state index in [1.165, 1.54) is 22.3 Å². The molecular formula is C28H40Ge. The Morgan fingerprint density at radius 3 is 1.00 bits per heavy atom. The van der Waals surface area contributed by atoms with Gasteiger partial charge in [-0.25, -0.2) is 0 Å². The van der Waals surface area contributed by atoms with Crippen LogP contribution in [-0.4, -0.2) is 15.4 Å². The molecule has 29 heavy (non-hydrogen) atoms. The third-order valence-electron chi connectivity index (χ3n) is 6.16. The van der Waals surface area contributed by atoms with Crippen molar-refractivity contribution in [1.29, 1.82) is 0 Å². The zero-order chi connectivity index (χ0) is 22.2. The molecule has 0 amide bonds. The van der Waals surface area contributed by atoms with E-state index in [2.05, 4.69) is 107 Å². The van der Waals surface area contributed by atoms with Gasteiger partial charge in [0.05, 0.1) is 0 Å². The fraction of sp³-hybridized carbons (Fsp3) is 0.571. The summed E-state index contributed by atoms with van der Waals surface area (Å²) in [4.78, 5) is 0. The monoisotopic (exact) mass is 450 g/mol. The number of rotatable bonds is 0. The van der Waals surface area contributed by atoms with Gasteiger partial charge in [0.15, 0.2) is 0 Å². The van der Waals surface area contributed by atoms with Crippen molar-refractivity contribution < 1.29 is 0 Å². The van der Waals surface area contributed by atoms with E-state index < -0.39 is 0 Å². The van der Waals surface area contributed by atoms with Crippen molar-refractivity contribution in [3.8, 4) is 11.1 Å². The van der Waals surface area contributed by atoms with Gasteiger partial charge in [0.25, 0.3) is 0 Å². The maximum atomic E-state index is 2.53. The van der Waals surface area contributed by atoms with Crippen LogP contribution in [0.1, 0.15) is 105 Å². The molecule has 0 fully saturated rings. The molecule has 0 saturated carbocycles. The molecule has 1 heterocycles. The Balaban J connectivity index is 2.41. The molecule has 2 aromatic carbocycles. The van der Waals surface area contributed by atoms with Gasteiger partial charge in [-0.1, -0.05) is 0 Å². The first kappa shape index (κ1) is 22.7. The summed E-state index contributed by atoms with van der Waals surface area (Å²) >= 11 is -0.341. The van der Waals surface area contributed by atoms with E-state index in [0.717, 1.165) is 0 Å². The Hall–Kier alpha value is -1.02. The van der Waals surface area contributed by atoms with Crippen LogP contribution in [0, 0.1) is 0 Å². The molecule has 0 N–H and O–H groups in total. The Kier molecular flexibility index (Phi) is 5.27. The predicted octanol–water partition coefficient (Wildman–Crippen LogP) is 6.51. The molecule has 0 unspecified atom stereocenters. The van der Waals surface area contributed by atoms with Crippen LogP contribution in [0.5, 0.6) is 0 Å². The Morgan fingerprint density at radius 1 is 0.448 bits per heavy atom. The fourth-order valence-electron chi connectivity index (χ4n) is 4.15. The number of benzene rings is 2. The van der Waals surface area contributed by atoms with Gasteiger partial charge in [-0.15, -0.1) is 0 Å². The van der Waals surface area contributed by atoms with E-state index in [1.807, 2.05) is 0 Å². The molecular weight excluding hydrogens is 409 g/mol. The first-order valence-corrected chi connectivity index (χ1v) is 13.2. The van der Waals surface area contributed by atoms with Gasteiger partial charge < -0.3 is 0 Å². The molecule has 2 radical (unpaired) electrons. The Labute approximate surface area is 186 Å². The molecule has 1 aliphatic rings. The Morgan fingerprint density at radius 2 is 0.759 bits per heavy atom. The molecule has 156 valence electrons. The normalized spacial score (nSPS) is 14.8. The fourth-order valence-corrected chi connectivity index (χ4v) is 8.55. The van der Waals surface area contributed by atoms with Gasteiger partial charge in [-0.2, -0.15) is 0 Å². The zero-order valence-electron chi connectivity index (χ0n) is 20.8. The van der Waals surface area contributed by atoms with Crippen LogP contribution in [0.4, 0.5) is 0 Å². The van der Waals surface area contributed by atoms with Crippen LogP contribution in [0.3, 0.4) is 0 Å². The maximum absolute atomic E-state index is 2.53. The molecule has 0 bridgehead atoms. The third kappa shape index (κ3) is 4.25. The molecule has 3 rings (SSSR count). The van der Waals surface area contributed by atoms with Gasteiger partial charge in [0, 0.05) is 0 Å². The second-order valence-corrected chi connectivity index (χ2v) is 15.6. The van der Waals surface area contributed by atoms with Gasteiger partial charge in [0.2, 0.25) is 0 Å².